The molecule has 0 fully saturated rings. The molecule has 0 unspecified atom stereocenters. The van der Waals surface area contributed by atoms with Gasteiger partial charge in [0.15, 0.2) is 23.1 Å². The third-order valence-corrected chi connectivity index (χ3v) is 7.53. The van der Waals surface area contributed by atoms with Gasteiger partial charge in [-0.1, -0.05) is 30.3 Å². The Kier molecular flexibility index (Phi) is 8.30. The standard InChI is InChI=1S/C31H26FN3O7S/c1-17-9-5-7-11-22(17)35-15-26(18-10-6-8-12-23(18)35)42-25-14-20(19(32)13-24(25)39-2)33-31(38)34-21-16-43-28(30(37)41-4)27(21)29(36)40-3/h5-16H,1-4H3,(H2,33,34,38). The number of ether oxygens (including phenoxy) is 4. The van der Waals surface area contributed by atoms with Gasteiger partial charge in [0.25, 0.3) is 0 Å². The fourth-order valence-electron chi connectivity index (χ4n) is 4.52. The molecule has 12 heteroatoms. The highest BCUT2D eigenvalue weighted by molar-refractivity contribution is 7.13. The van der Waals surface area contributed by atoms with Crippen molar-refractivity contribution >= 4 is 51.6 Å². The molecule has 43 heavy (non-hydrogen) atoms. The van der Waals surface area contributed by atoms with E-state index in [0.717, 1.165) is 53.8 Å². The molecule has 2 heterocycles. The Bertz CT molecular complexity index is 1860. The summed E-state index contributed by atoms with van der Waals surface area (Å²) in [6.07, 6.45) is 1.83. The molecule has 2 N–H and O–H groups in total. The number of anilines is 2. The van der Waals surface area contributed by atoms with Gasteiger partial charge < -0.3 is 34.1 Å². The lowest BCUT2D eigenvalue weighted by Crippen LogP contribution is -2.22. The smallest absolute Gasteiger partial charge is 0.349 e. The number of nitrogens with one attached hydrogen (secondary N) is 2. The number of benzene rings is 3. The molecular weight excluding hydrogens is 577 g/mol. The highest BCUT2D eigenvalue weighted by atomic mass is 32.1. The van der Waals surface area contributed by atoms with Gasteiger partial charge in [-0.05, 0) is 30.7 Å². The molecule has 220 valence electrons. The first-order chi connectivity index (χ1) is 20.7. The molecule has 5 aromatic rings. The summed E-state index contributed by atoms with van der Waals surface area (Å²) < 4.78 is 38.2. The first-order valence-corrected chi connectivity index (χ1v) is 13.7. The number of amides is 2. The van der Waals surface area contributed by atoms with Crippen LogP contribution in [0.5, 0.6) is 17.2 Å². The van der Waals surface area contributed by atoms with E-state index >= 15 is 4.39 Å². The van der Waals surface area contributed by atoms with Crippen molar-refractivity contribution in [2.24, 2.45) is 0 Å². The Morgan fingerprint density at radius 1 is 0.837 bits per heavy atom. The molecule has 10 nitrogen and oxygen atoms in total. The number of fused-ring (bicyclic) bond motifs is 1. The number of para-hydroxylation sites is 2. The number of methoxy groups -OCH3 is 3. The zero-order valence-corrected chi connectivity index (χ0v) is 24.3. The quantitative estimate of drug-likeness (QED) is 0.181. The minimum Gasteiger partial charge on any atom is -0.493 e. The second-order valence-electron chi connectivity index (χ2n) is 9.17. The summed E-state index contributed by atoms with van der Waals surface area (Å²) in [5.74, 6) is -1.69. The van der Waals surface area contributed by atoms with Crippen molar-refractivity contribution in [2.75, 3.05) is 32.0 Å². The molecule has 0 radical (unpaired) electrons. The van der Waals surface area contributed by atoms with E-state index in [9.17, 15) is 14.4 Å². The Morgan fingerprint density at radius 2 is 1.53 bits per heavy atom. The number of aryl methyl sites for hydroxylation is 1. The number of urea groups is 1. The van der Waals surface area contributed by atoms with Gasteiger partial charge in [0.05, 0.1) is 44.4 Å². The molecule has 3 aromatic carbocycles. The predicted molar refractivity (Wildman–Crippen MR) is 161 cm³/mol. The Labute approximate surface area is 249 Å². The van der Waals surface area contributed by atoms with Crippen molar-refractivity contribution in [3.05, 3.63) is 94.1 Å². The van der Waals surface area contributed by atoms with Gasteiger partial charge in [-0.3, -0.25) is 0 Å². The Hall–Kier alpha value is -5.36. The van der Waals surface area contributed by atoms with E-state index in [-0.39, 0.29) is 33.3 Å². The van der Waals surface area contributed by atoms with Crippen LogP contribution in [0.2, 0.25) is 0 Å². The summed E-state index contributed by atoms with van der Waals surface area (Å²) in [4.78, 5) is 37.3. The summed E-state index contributed by atoms with van der Waals surface area (Å²) >= 11 is 0.884. The summed E-state index contributed by atoms with van der Waals surface area (Å²) in [5.41, 5.74) is 2.51. The van der Waals surface area contributed by atoms with Crippen LogP contribution in [0.4, 0.5) is 20.6 Å². The number of nitrogens with zero attached hydrogens (tertiary/aromatic N) is 1. The minimum absolute atomic E-state index is 0.0100. The number of halogens is 1. The van der Waals surface area contributed by atoms with Crippen molar-refractivity contribution in [1.82, 2.24) is 4.57 Å². The normalized spacial score (nSPS) is 10.7. The highest BCUT2D eigenvalue weighted by Gasteiger charge is 2.26. The van der Waals surface area contributed by atoms with Crippen LogP contribution in [0.15, 0.2) is 72.2 Å². The number of carbonyl (C=O) groups excluding carboxylic acids is 3. The van der Waals surface area contributed by atoms with Crippen LogP contribution in [-0.4, -0.2) is 43.9 Å². The highest BCUT2D eigenvalue weighted by Crippen LogP contribution is 2.40. The Balaban J connectivity index is 1.46. The number of aromatic nitrogens is 1. The van der Waals surface area contributed by atoms with Crippen LogP contribution in [-0.2, 0) is 9.47 Å². The van der Waals surface area contributed by atoms with E-state index in [4.69, 9.17) is 18.9 Å². The average molecular weight is 604 g/mol. The molecule has 0 aliphatic carbocycles. The SMILES string of the molecule is COC(=O)c1scc(NC(=O)Nc2cc(Oc3cn(-c4ccccc4C)c4ccccc34)c(OC)cc2F)c1C(=O)OC. The number of hydrogen-bond acceptors (Lipinski definition) is 8. The molecular formula is C31H26FN3O7S. The summed E-state index contributed by atoms with van der Waals surface area (Å²) in [6, 6.07) is 17.1. The van der Waals surface area contributed by atoms with Gasteiger partial charge in [-0.15, -0.1) is 11.3 Å². The van der Waals surface area contributed by atoms with Gasteiger partial charge in [-0.2, -0.15) is 0 Å². The number of hydrogen-bond donors (Lipinski definition) is 2. The van der Waals surface area contributed by atoms with Crippen LogP contribution in [0.1, 0.15) is 25.6 Å². The van der Waals surface area contributed by atoms with E-state index in [2.05, 4.69) is 10.6 Å². The van der Waals surface area contributed by atoms with E-state index in [0.29, 0.717) is 5.75 Å². The lowest BCUT2D eigenvalue weighted by molar-refractivity contribution is 0.0561. The first-order valence-electron chi connectivity index (χ1n) is 12.8. The first kappa shape index (κ1) is 29.1. The van der Waals surface area contributed by atoms with Crippen LogP contribution < -0.4 is 20.1 Å². The predicted octanol–water partition coefficient (Wildman–Crippen LogP) is 7.16. The molecule has 0 saturated heterocycles. The fraction of sp³-hybridized carbons (Fsp3) is 0.129. The van der Waals surface area contributed by atoms with Gasteiger partial charge in [0, 0.05) is 28.6 Å². The van der Waals surface area contributed by atoms with Crippen molar-refractivity contribution < 1.29 is 37.7 Å². The minimum atomic E-state index is -0.884. The topological polar surface area (TPSA) is 117 Å². The molecule has 2 aromatic heterocycles. The molecule has 0 spiro atoms. The monoisotopic (exact) mass is 603 g/mol. The molecule has 0 saturated carbocycles. The maximum atomic E-state index is 15.1. The fourth-order valence-corrected chi connectivity index (χ4v) is 5.43. The second kappa shape index (κ2) is 12.2. The zero-order chi connectivity index (χ0) is 30.7. The van der Waals surface area contributed by atoms with Gasteiger partial charge in [-0.25, -0.2) is 18.8 Å². The molecule has 0 bridgehead atoms. The summed E-state index contributed by atoms with van der Waals surface area (Å²) in [6.45, 7) is 2.01. The Morgan fingerprint density at radius 3 is 2.26 bits per heavy atom. The van der Waals surface area contributed by atoms with Crippen molar-refractivity contribution in [3.63, 3.8) is 0 Å². The van der Waals surface area contributed by atoms with Gasteiger partial charge in [0.1, 0.15) is 10.4 Å². The van der Waals surface area contributed by atoms with Crippen molar-refractivity contribution in [3.8, 4) is 22.9 Å². The molecule has 0 atom stereocenters. The lowest BCUT2D eigenvalue weighted by atomic mass is 10.2. The van der Waals surface area contributed by atoms with E-state index in [1.807, 2.05) is 66.2 Å². The van der Waals surface area contributed by atoms with Gasteiger partial charge >= 0.3 is 18.0 Å². The number of thiophene rings is 1. The van der Waals surface area contributed by atoms with E-state index in [1.54, 1.807) is 0 Å². The third kappa shape index (κ3) is 5.72. The maximum absolute atomic E-state index is 15.1. The molecule has 2 amide bonds. The van der Waals surface area contributed by atoms with Crippen LogP contribution in [0, 0.1) is 12.7 Å². The van der Waals surface area contributed by atoms with Crippen LogP contribution in [0.3, 0.4) is 0 Å². The van der Waals surface area contributed by atoms with Crippen molar-refractivity contribution in [1.29, 1.82) is 0 Å². The lowest BCUT2D eigenvalue weighted by Gasteiger charge is -2.14. The average Bonchev–Trinajstić information content (AvgIpc) is 3.59. The van der Waals surface area contributed by atoms with Crippen LogP contribution in [0.25, 0.3) is 16.6 Å². The van der Waals surface area contributed by atoms with Crippen LogP contribution >= 0.6 is 11.3 Å². The summed E-state index contributed by atoms with van der Waals surface area (Å²) in [7, 11) is 3.68. The number of rotatable bonds is 8. The number of carbonyl (C=O) groups is 3. The number of esters is 2. The van der Waals surface area contributed by atoms with E-state index < -0.39 is 23.8 Å². The summed E-state index contributed by atoms with van der Waals surface area (Å²) in [5, 5.41) is 7.06. The maximum Gasteiger partial charge on any atom is 0.349 e. The molecule has 5 rings (SSSR count). The van der Waals surface area contributed by atoms with Gasteiger partial charge in [0.2, 0.25) is 0 Å². The third-order valence-electron chi connectivity index (χ3n) is 6.57. The largest absolute Gasteiger partial charge is 0.493 e. The molecule has 0 aliphatic heterocycles. The van der Waals surface area contributed by atoms with E-state index in [1.165, 1.54) is 18.6 Å². The molecule has 0 aliphatic rings. The zero-order valence-electron chi connectivity index (χ0n) is 23.5. The van der Waals surface area contributed by atoms with Crippen molar-refractivity contribution in [2.45, 2.75) is 6.92 Å². The second-order valence-corrected chi connectivity index (χ2v) is 10.0.